The van der Waals surface area contributed by atoms with Crippen LogP contribution < -0.4 is 5.69 Å². The zero-order chi connectivity index (χ0) is 19.5. The molecule has 0 saturated carbocycles. The third-order valence-electron chi connectivity index (χ3n) is 5.15. The minimum absolute atomic E-state index is 0.0536. The molecule has 1 fully saturated rings. The number of aryl methyl sites for hydroxylation is 1. The predicted octanol–water partition coefficient (Wildman–Crippen LogP) is 1.74. The first-order valence-corrected chi connectivity index (χ1v) is 9.39. The van der Waals surface area contributed by atoms with E-state index in [9.17, 15) is 9.59 Å². The highest BCUT2D eigenvalue weighted by Crippen LogP contribution is 2.27. The topological polar surface area (TPSA) is 96.8 Å². The number of hydrogen-bond donors (Lipinski definition) is 1. The van der Waals surface area contributed by atoms with Crippen LogP contribution in [0.4, 0.5) is 0 Å². The van der Waals surface area contributed by atoms with Crippen LogP contribution in [-0.4, -0.2) is 48.6 Å². The van der Waals surface area contributed by atoms with Gasteiger partial charge in [0.15, 0.2) is 0 Å². The van der Waals surface area contributed by atoms with Gasteiger partial charge in [-0.05, 0) is 25.3 Å². The molecule has 4 rings (SSSR count). The van der Waals surface area contributed by atoms with E-state index >= 15 is 0 Å². The number of hydrogen-bond acceptors (Lipinski definition) is 5. The van der Waals surface area contributed by atoms with Crippen molar-refractivity contribution in [1.82, 2.24) is 29.6 Å². The van der Waals surface area contributed by atoms with Gasteiger partial charge in [-0.25, -0.2) is 19.9 Å². The van der Waals surface area contributed by atoms with Crippen molar-refractivity contribution in [3.63, 3.8) is 0 Å². The maximum Gasteiger partial charge on any atom is 0.343 e. The Morgan fingerprint density at radius 2 is 1.82 bits per heavy atom. The Hall–Kier alpha value is -3.29. The molecule has 28 heavy (non-hydrogen) atoms. The van der Waals surface area contributed by atoms with Gasteiger partial charge in [0.05, 0.1) is 12.1 Å². The van der Waals surface area contributed by atoms with Crippen LogP contribution in [0.1, 0.15) is 46.3 Å². The van der Waals surface area contributed by atoms with Gasteiger partial charge in [-0.15, -0.1) is 0 Å². The predicted molar refractivity (Wildman–Crippen MR) is 103 cm³/mol. The van der Waals surface area contributed by atoms with E-state index in [1.165, 1.54) is 0 Å². The lowest BCUT2D eigenvalue weighted by Crippen LogP contribution is -2.38. The fourth-order valence-electron chi connectivity index (χ4n) is 3.59. The summed E-state index contributed by atoms with van der Waals surface area (Å²) in [5.74, 6) is 1.49. The number of piperidine rings is 1. The van der Waals surface area contributed by atoms with Crippen molar-refractivity contribution in [3.8, 4) is 0 Å². The zero-order valence-electron chi connectivity index (χ0n) is 15.7. The second-order valence-electron chi connectivity index (χ2n) is 7.04. The summed E-state index contributed by atoms with van der Waals surface area (Å²) >= 11 is 0. The summed E-state index contributed by atoms with van der Waals surface area (Å²) in [4.78, 5) is 34.9. The van der Waals surface area contributed by atoms with Crippen LogP contribution in [0.15, 0.2) is 47.5 Å². The molecule has 1 aliphatic rings. The lowest BCUT2D eigenvalue weighted by atomic mass is 9.95. The van der Waals surface area contributed by atoms with E-state index in [1.54, 1.807) is 23.9 Å². The van der Waals surface area contributed by atoms with Crippen molar-refractivity contribution in [3.05, 3.63) is 76.0 Å². The van der Waals surface area contributed by atoms with E-state index in [1.807, 2.05) is 35.2 Å². The number of carbonyl (C=O) groups is 1. The van der Waals surface area contributed by atoms with Gasteiger partial charge >= 0.3 is 5.69 Å². The second-order valence-corrected chi connectivity index (χ2v) is 7.04. The molecule has 0 aliphatic carbocycles. The molecule has 1 aromatic carbocycles. The summed E-state index contributed by atoms with van der Waals surface area (Å²) < 4.78 is 1.70. The lowest BCUT2D eigenvalue weighted by molar-refractivity contribution is 0.0709. The molecule has 144 valence electrons. The van der Waals surface area contributed by atoms with Crippen LogP contribution in [0.2, 0.25) is 0 Å². The minimum atomic E-state index is -0.200. The van der Waals surface area contributed by atoms with Gasteiger partial charge in [0, 0.05) is 31.4 Å². The number of aromatic amines is 1. The fraction of sp³-hybridized carbons (Fsp3) is 0.350. The molecule has 2 aromatic heterocycles. The first-order valence-electron chi connectivity index (χ1n) is 9.39. The van der Waals surface area contributed by atoms with Crippen molar-refractivity contribution >= 4 is 5.91 Å². The SMILES string of the molecule is Cc1ncc(C(=O)N2CCC(c3n[nH]c(=O)n3Cc3ccccc3)CC2)cn1. The van der Waals surface area contributed by atoms with E-state index in [0.717, 1.165) is 24.2 Å². The Morgan fingerprint density at radius 3 is 2.50 bits per heavy atom. The Bertz CT molecular complexity index is 1000. The van der Waals surface area contributed by atoms with Gasteiger partial charge in [0.2, 0.25) is 0 Å². The molecule has 8 heteroatoms. The summed E-state index contributed by atoms with van der Waals surface area (Å²) in [6.07, 6.45) is 4.67. The number of likely N-dealkylation sites (tertiary alicyclic amines) is 1. The highest BCUT2D eigenvalue weighted by molar-refractivity contribution is 5.93. The Balaban J connectivity index is 1.45. The molecule has 1 N–H and O–H groups in total. The van der Waals surface area contributed by atoms with Gasteiger partial charge in [-0.2, -0.15) is 5.10 Å². The molecule has 0 bridgehead atoms. The Kier molecular flexibility index (Phi) is 5.01. The summed E-state index contributed by atoms with van der Waals surface area (Å²) in [6, 6.07) is 9.86. The fourth-order valence-corrected chi connectivity index (χ4v) is 3.59. The van der Waals surface area contributed by atoms with Crippen molar-refractivity contribution in [2.24, 2.45) is 0 Å². The van der Waals surface area contributed by atoms with Gasteiger partial charge in [-0.3, -0.25) is 9.36 Å². The number of carbonyl (C=O) groups excluding carboxylic acids is 1. The highest BCUT2D eigenvalue weighted by Gasteiger charge is 2.28. The zero-order valence-corrected chi connectivity index (χ0v) is 15.7. The van der Waals surface area contributed by atoms with Crippen LogP contribution in [0.5, 0.6) is 0 Å². The minimum Gasteiger partial charge on any atom is -0.339 e. The van der Waals surface area contributed by atoms with Gasteiger partial charge in [0.25, 0.3) is 5.91 Å². The van der Waals surface area contributed by atoms with Crippen LogP contribution in [0, 0.1) is 6.92 Å². The largest absolute Gasteiger partial charge is 0.343 e. The van der Waals surface area contributed by atoms with Crippen molar-refractivity contribution in [1.29, 1.82) is 0 Å². The van der Waals surface area contributed by atoms with Crippen molar-refractivity contribution < 1.29 is 4.79 Å². The molecule has 1 aliphatic heterocycles. The molecule has 0 unspecified atom stereocenters. The van der Waals surface area contributed by atoms with Crippen LogP contribution in [0.25, 0.3) is 0 Å². The highest BCUT2D eigenvalue weighted by atomic mass is 16.2. The molecule has 3 aromatic rings. The third-order valence-corrected chi connectivity index (χ3v) is 5.15. The molecule has 3 heterocycles. The Morgan fingerprint density at radius 1 is 1.14 bits per heavy atom. The van der Waals surface area contributed by atoms with Crippen molar-refractivity contribution in [2.45, 2.75) is 32.2 Å². The number of H-pyrrole nitrogens is 1. The molecule has 1 amide bonds. The molecule has 1 saturated heterocycles. The van der Waals surface area contributed by atoms with Crippen LogP contribution in [-0.2, 0) is 6.54 Å². The van der Waals surface area contributed by atoms with E-state index in [-0.39, 0.29) is 17.5 Å². The standard InChI is InChI=1S/C20H22N6O2/c1-14-21-11-17(12-22-14)19(27)25-9-7-16(8-10-25)18-23-24-20(28)26(18)13-15-5-3-2-4-6-15/h2-6,11-12,16H,7-10,13H2,1H3,(H,24,28). The smallest absolute Gasteiger partial charge is 0.339 e. The molecule has 0 radical (unpaired) electrons. The summed E-state index contributed by atoms with van der Waals surface area (Å²) in [5, 5.41) is 6.86. The third kappa shape index (κ3) is 3.71. The molecule has 0 atom stereocenters. The number of rotatable bonds is 4. The van der Waals surface area contributed by atoms with Crippen molar-refractivity contribution in [2.75, 3.05) is 13.1 Å². The number of nitrogens with zero attached hydrogens (tertiary/aromatic N) is 5. The average Bonchev–Trinajstić information content (AvgIpc) is 3.09. The first-order chi connectivity index (χ1) is 13.6. The van der Waals surface area contributed by atoms with E-state index in [4.69, 9.17) is 0 Å². The van der Waals surface area contributed by atoms with E-state index in [0.29, 0.717) is 31.0 Å². The number of amides is 1. The molecule has 8 nitrogen and oxygen atoms in total. The normalized spacial score (nSPS) is 15.0. The van der Waals surface area contributed by atoms with E-state index < -0.39 is 0 Å². The maximum absolute atomic E-state index is 12.6. The molecular formula is C20H22N6O2. The van der Waals surface area contributed by atoms with Crippen LogP contribution in [0.3, 0.4) is 0 Å². The quantitative estimate of drug-likeness (QED) is 0.746. The number of nitrogens with one attached hydrogen (secondary N) is 1. The second kappa shape index (κ2) is 7.75. The molecular weight excluding hydrogens is 356 g/mol. The number of benzene rings is 1. The first kappa shape index (κ1) is 18.1. The van der Waals surface area contributed by atoms with Crippen LogP contribution >= 0.6 is 0 Å². The number of aromatic nitrogens is 5. The summed E-state index contributed by atoms with van der Waals surface area (Å²) in [6.45, 7) is 3.51. The Labute approximate surface area is 162 Å². The lowest BCUT2D eigenvalue weighted by Gasteiger charge is -2.31. The van der Waals surface area contributed by atoms with E-state index in [2.05, 4.69) is 20.2 Å². The average molecular weight is 378 g/mol. The monoisotopic (exact) mass is 378 g/mol. The maximum atomic E-state index is 12.6. The summed E-state index contributed by atoms with van der Waals surface area (Å²) in [5.41, 5.74) is 1.36. The van der Waals surface area contributed by atoms with Gasteiger partial charge in [-0.1, -0.05) is 30.3 Å². The molecule has 0 spiro atoms. The van der Waals surface area contributed by atoms with Gasteiger partial charge < -0.3 is 4.90 Å². The van der Waals surface area contributed by atoms with Gasteiger partial charge in [0.1, 0.15) is 11.6 Å². The summed E-state index contributed by atoms with van der Waals surface area (Å²) in [7, 11) is 0.